The number of fused-ring (bicyclic) bond motifs is 1. The molecule has 6 heteroatoms. The van der Waals surface area contributed by atoms with Crippen LogP contribution < -0.4 is 0 Å². The van der Waals surface area contributed by atoms with Gasteiger partial charge in [0.1, 0.15) is 0 Å². The summed E-state index contributed by atoms with van der Waals surface area (Å²) >= 11 is 8.09. The van der Waals surface area contributed by atoms with E-state index in [9.17, 15) is 13.2 Å². The van der Waals surface area contributed by atoms with Crippen molar-refractivity contribution in [2.24, 2.45) is 0 Å². The van der Waals surface area contributed by atoms with E-state index in [0.717, 1.165) is 15.7 Å². The zero-order chi connectivity index (χ0) is 12.8. The van der Waals surface area contributed by atoms with Crippen molar-refractivity contribution in [1.82, 2.24) is 4.98 Å². The number of halogens is 5. The highest BCUT2D eigenvalue weighted by atomic mass is 127. The van der Waals surface area contributed by atoms with Gasteiger partial charge in [-0.05, 0) is 41.6 Å². The number of rotatable bonds is 0. The van der Waals surface area contributed by atoms with Gasteiger partial charge in [-0.2, -0.15) is 13.2 Å². The SMILES string of the molecule is Cc1nc2cc(C(F)(F)F)ccc2c(Cl)c1I. The molecule has 1 heterocycles. The first-order valence-electron chi connectivity index (χ1n) is 4.63. The molecular formula is C11H6ClF3IN. The molecule has 0 spiro atoms. The number of pyridine rings is 1. The Hall–Kier alpha value is -0.560. The van der Waals surface area contributed by atoms with E-state index < -0.39 is 11.7 Å². The van der Waals surface area contributed by atoms with E-state index in [2.05, 4.69) is 4.98 Å². The topological polar surface area (TPSA) is 12.9 Å². The maximum absolute atomic E-state index is 12.5. The van der Waals surface area contributed by atoms with Crippen LogP contribution in [-0.2, 0) is 6.18 Å². The van der Waals surface area contributed by atoms with Crippen molar-refractivity contribution >= 4 is 45.1 Å². The van der Waals surface area contributed by atoms with E-state index in [0.29, 0.717) is 16.1 Å². The molecule has 0 atom stereocenters. The maximum atomic E-state index is 12.5. The highest BCUT2D eigenvalue weighted by Gasteiger charge is 2.30. The van der Waals surface area contributed by atoms with Crippen molar-refractivity contribution in [2.75, 3.05) is 0 Å². The van der Waals surface area contributed by atoms with E-state index in [4.69, 9.17) is 11.6 Å². The van der Waals surface area contributed by atoms with E-state index in [1.807, 2.05) is 22.6 Å². The van der Waals surface area contributed by atoms with Gasteiger partial charge in [0, 0.05) is 5.39 Å². The van der Waals surface area contributed by atoms with E-state index >= 15 is 0 Å². The van der Waals surface area contributed by atoms with Gasteiger partial charge in [-0.1, -0.05) is 17.7 Å². The van der Waals surface area contributed by atoms with Crippen LogP contribution in [0.3, 0.4) is 0 Å². The highest BCUT2D eigenvalue weighted by molar-refractivity contribution is 14.1. The molecule has 0 unspecified atom stereocenters. The molecule has 17 heavy (non-hydrogen) atoms. The summed E-state index contributed by atoms with van der Waals surface area (Å²) in [6.45, 7) is 1.72. The zero-order valence-electron chi connectivity index (χ0n) is 8.57. The second kappa shape index (κ2) is 4.28. The molecule has 1 aromatic carbocycles. The van der Waals surface area contributed by atoms with Gasteiger partial charge >= 0.3 is 6.18 Å². The van der Waals surface area contributed by atoms with Crippen LogP contribution in [0, 0.1) is 10.5 Å². The Morgan fingerprint density at radius 2 is 1.94 bits per heavy atom. The van der Waals surface area contributed by atoms with Crippen molar-refractivity contribution in [3.05, 3.63) is 38.0 Å². The average Bonchev–Trinajstić information content (AvgIpc) is 2.24. The van der Waals surface area contributed by atoms with Crippen molar-refractivity contribution in [3.8, 4) is 0 Å². The lowest BCUT2D eigenvalue weighted by Crippen LogP contribution is -2.05. The Balaban J connectivity index is 2.76. The Labute approximate surface area is 114 Å². The minimum Gasteiger partial charge on any atom is -0.252 e. The Morgan fingerprint density at radius 1 is 1.29 bits per heavy atom. The zero-order valence-corrected chi connectivity index (χ0v) is 11.5. The van der Waals surface area contributed by atoms with Crippen LogP contribution >= 0.6 is 34.2 Å². The van der Waals surface area contributed by atoms with Crippen molar-refractivity contribution in [3.63, 3.8) is 0 Å². The number of alkyl halides is 3. The van der Waals surface area contributed by atoms with Crippen molar-refractivity contribution < 1.29 is 13.2 Å². The third-order valence-corrected chi connectivity index (χ3v) is 4.39. The average molecular weight is 372 g/mol. The van der Waals surface area contributed by atoms with E-state index in [1.165, 1.54) is 6.07 Å². The van der Waals surface area contributed by atoms with Gasteiger partial charge in [0.05, 0.1) is 25.4 Å². The van der Waals surface area contributed by atoms with Gasteiger partial charge in [-0.15, -0.1) is 0 Å². The number of hydrogen-bond acceptors (Lipinski definition) is 1. The van der Waals surface area contributed by atoms with Crippen molar-refractivity contribution in [1.29, 1.82) is 0 Å². The molecular weight excluding hydrogens is 365 g/mol. The van der Waals surface area contributed by atoms with Gasteiger partial charge in [0.25, 0.3) is 0 Å². The minimum atomic E-state index is -4.36. The first-order chi connectivity index (χ1) is 7.80. The summed E-state index contributed by atoms with van der Waals surface area (Å²) in [4.78, 5) is 4.12. The fourth-order valence-corrected chi connectivity index (χ4v) is 2.20. The molecule has 0 N–H and O–H groups in total. The van der Waals surface area contributed by atoms with Crippen LogP contribution in [0.4, 0.5) is 13.2 Å². The third-order valence-electron chi connectivity index (χ3n) is 2.36. The van der Waals surface area contributed by atoms with Gasteiger partial charge in [0.2, 0.25) is 0 Å². The number of benzene rings is 1. The van der Waals surface area contributed by atoms with E-state index in [1.54, 1.807) is 6.92 Å². The fourth-order valence-electron chi connectivity index (χ4n) is 1.49. The molecule has 0 bridgehead atoms. The summed E-state index contributed by atoms with van der Waals surface area (Å²) in [6.07, 6.45) is -4.36. The normalized spacial score (nSPS) is 12.1. The second-order valence-electron chi connectivity index (χ2n) is 3.55. The number of aromatic nitrogens is 1. The van der Waals surface area contributed by atoms with Crippen LogP contribution in [0.2, 0.25) is 5.02 Å². The summed E-state index contributed by atoms with van der Waals surface area (Å²) in [5, 5.41) is 0.983. The van der Waals surface area contributed by atoms with Crippen LogP contribution in [0.1, 0.15) is 11.3 Å². The summed E-state index contributed by atoms with van der Waals surface area (Å²) in [5.74, 6) is 0. The quantitative estimate of drug-likeness (QED) is 0.605. The highest BCUT2D eigenvalue weighted by Crippen LogP contribution is 2.34. The second-order valence-corrected chi connectivity index (χ2v) is 5.01. The predicted molar refractivity (Wildman–Crippen MR) is 69.2 cm³/mol. The minimum absolute atomic E-state index is 0.266. The molecule has 0 fully saturated rings. The number of hydrogen-bond donors (Lipinski definition) is 0. The van der Waals surface area contributed by atoms with Crippen LogP contribution in [0.5, 0.6) is 0 Å². The van der Waals surface area contributed by atoms with Crippen LogP contribution in [-0.4, -0.2) is 4.98 Å². The Morgan fingerprint density at radius 3 is 2.53 bits per heavy atom. The molecule has 1 aromatic heterocycles. The van der Waals surface area contributed by atoms with Crippen LogP contribution in [0.25, 0.3) is 10.9 Å². The third kappa shape index (κ3) is 2.35. The van der Waals surface area contributed by atoms with Gasteiger partial charge in [-0.3, -0.25) is 4.98 Å². The molecule has 0 aliphatic heterocycles. The molecule has 2 rings (SSSR count). The molecule has 0 aliphatic carbocycles. The van der Waals surface area contributed by atoms with Crippen LogP contribution in [0.15, 0.2) is 18.2 Å². The smallest absolute Gasteiger partial charge is 0.252 e. The fraction of sp³-hybridized carbons (Fsp3) is 0.182. The molecule has 0 saturated carbocycles. The van der Waals surface area contributed by atoms with Gasteiger partial charge in [-0.25, -0.2) is 0 Å². The first kappa shape index (κ1) is 12.9. The molecule has 0 saturated heterocycles. The lowest BCUT2D eigenvalue weighted by atomic mass is 10.1. The largest absolute Gasteiger partial charge is 0.416 e. The monoisotopic (exact) mass is 371 g/mol. The van der Waals surface area contributed by atoms with Gasteiger partial charge in [0.15, 0.2) is 0 Å². The van der Waals surface area contributed by atoms with Gasteiger partial charge < -0.3 is 0 Å². The predicted octanol–water partition coefficient (Wildman–Crippen LogP) is 4.82. The van der Waals surface area contributed by atoms with Crippen molar-refractivity contribution in [2.45, 2.75) is 13.1 Å². The summed E-state index contributed by atoms with van der Waals surface area (Å²) in [6, 6.07) is 3.39. The number of nitrogens with zero attached hydrogens (tertiary/aromatic N) is 1. The first-order valence-corrected chi connectivity index (χ1v) is 6.09. The molecule has 0 radical (unpaired) electrons. The Bertz CT molecular complexity index is 595. The molecule has 0 amide bonds. The number of aryl methyl sites for hydroxylation is 1. The molecule has 0 aliphatic rings. The van der Waals surface area contributed by atoms with E-state index in [-0.39, 0.29) is 5.52 Å². The standard InChI is InChI=1S/C11H6ClF3IN/c1-5-10(16)9(12)7-3-2-6(11(13,14)15)4-8(7)17-5/h2-4H,1H3. The summed E-state index contributed by atoms with van der Waals surface area (Å²) < 4.78 is 38.4. The summed E-state index contributed by atoms with van der Waals surface area (Å²) in [7, 11) is 0. The summed E-state index contributed by atoms with van der Waals surface area (Å²) in [5.41, 5.74) is 0.180. The maximum Gasteiger partial charge on any atom is 0.416 e. The molecule has 90 valence electrons. The lowest BCUT2D eigenvalue weighted by molar-refractivity contribution is -0.137. The lowest BCUT2D eigenvalue weighted by Gasteiger charge is -2.10. The molecule has 1 nitrogen and oxygen atoms in total. The molecule has 2 aromatic rings. The Kier molecular flexibility index (Phi) is 3.24.